The van der Waals surface area contributed by atoms with Gasteiger partial charge in [-0.3, -0.25) is 4.72 Å². The third kappa shape index (κ3) is 3.08. The number of hydrogen-bond acceptors (Lipinski definition) is 3. The molecular weight excluding hydrogens is 330 g/mol. The van der Waals surface area contributed by atoms with Crippen LogP contribution in [0.25, 0.3) is 0 Å². The molecule has 0 amide bonds. The van der Waals surface area contributed by atoms with Crippen molar-refractivity contribution < 1.29 is 13.5 Å². The number of halogens is 1. The van der Waals surface area contributed by atoms with Crippen LogP contribution in [0.5, 0.6) is 5.75 Å². The van der Waals surface area contributed by atoms with E-state index in [9.17, 15) is 13.5 Å². The van der Waals surface area contributed by atoms with E-state index < -0.39 is 10.0 Å². The normalized spacial score (nSPS) is 11.3. The van der Waals surface area contributed by atoms with E-state index in [-0.39, 0.29) is 16.3 Å². The van der Waals surface area contributed by atoms with Crippen molar-refractivity contribution >= 4 is 31.6 Å². The molecule has 0 aliphatic carbocycles. The van der Waals surface area contributed by atoms with Crippen LogP contribution < -0.4 is 4.72 Å². The molecule has 0 saturated heterocycles. The summed E-state index contributed by atoms with van der Waals surface area (Å²) in [6.07, 6.45) is 0. The number of phenols is 1. The van der Waals surface area contributed by atoms with E-state index >= 15 is 0 Å². The molecule has 0 fully saturated rings. The van der Waals surface area contributed by atoms with Crippen LogP contribution in [0.15, 0.2) is 51.8 Å². The van der Waals surface area contributed by atoms with Crippen LogP contribution in [0.1, 0.15) is 5.56 Å². The Hall–Kier alpha value is -1.53. The number of hydrogen-bond donors (Lipinski definition) is 2. The van der Waals surface area contributed by atoms with Crippen LogP contribution in [0, 0.1) is 6.92 Å². The lowest BCUT2D eigenvalue weighted by Gasteiger charge is -2.10. The molecule has 2 aromatic rings. The zero-order valence-electron chi connectivity index (χ0n) is 10.1. The number of nitrogens with one attached hydrogen (secondary N) is 1. The van der Waals surface area contributed by atoms with Gasteiger partial charge < -0.3 is 5.11 Å². The first-order valence-corrected chi connectivity index (χ1v) is 7.75. The zero-order valence-corrected chi connectivity index (χ0v) is 12.5. The van der Waals surface area contributed by atoms with Crippen LogP contribution in [0.3, 0.4) is 0 Å². The predicted molar refractivity (Wildman–Crippen MR) is 77.8 cm³/mol. The second-order valence-electron chi connectivity index (χ2n) is 4.03. The molecule has 0 spiro atoms. The van der Waals surface area contributed by atoms with Gasteiger partial charge in [0.2, 0.25) is 0 Å². The first kappa shape index (κ1) is 13.9. The third-order valence-corrected chi connectivity index (χ3v) is 4.52. The van der Waals surface area contributed by atoms with E-state index in [4.69, 9.17) is 0 Å². The van der Waals surface area contributed by atoms with Crippen LogP contribution in [0.2, 0.25) is 0 Å². The highest BCUT2D eigenvalue weighted by Crippen LogP contribution is 2.28. The van der Waals surface area contributed by atoms with Crippen molar-refractivity contribution in [2.24, 2.45) is 0 Å². The molecule has 4 nitrogen and oxygen atoms in total. The van der Waals surface area contributed by atoms with Gasteiger partial charge in [-0.1, -0.05) is 28.1 Å². The molecule has 0 aliphatic rings. The Kier molecular flexibility index (Phi) is 3.82. The van der Waals surface area contributed by atoms with Crippen molar-refractivity contribution in [3.8, 4) is 5.75 Å². The summed E-state index contributed by atoms with van der Waals surface area (Å²) in [5.74, 6) is -0.0665. The predicted octanol–water partition coefficient (Wildman–Crippen LogP) is 3.26. The quantitative estimate of drug-likeness (QED) is 0.842. The monoisotopic (exact) mass is 341 g/mol. The molecule has 0 atom stereocenters. The van der Waals surface area contributed by atoms with Gasteiger partial charge in [-0.2, -0.15) is 0 Å². The van der Waals surface area contributed by atoms with E-state index in [1.54, 1.807) is 31.2 Å². The maximum absolute atomic E-state index is 12.1. The zero-order chi connectivity index (χ0) is 14.0. The highest BCUT2D eigenvalue weighted by Gasteiger charge is 2.16. The summed E-state index contributed by atoms with van der Waals surface area (Å²) in [6.45, 7) is 1.70. The van der Waals surface area contributed by atoms with Crippen molar-refractivity contribution in [1.29, 1.82) is 0 Å². The van der Waals surface area contributed by atoms with E-state index in [2.05, 4.69) is 20.7 Å². The first-order chi connectivity index (χ1) is 8.90. The Morgan fingerprint density at radius 1 is 1.11 bits per heavy atom. The molecule has 0 bridgehead atoms. The molecule has 0 heterocycles. The van der Waals surface area contributed by atoms with Gasteiger partial charge >= 0.3 is 0 Å². The fraction of sp³-hybridized carbons (Fsp3) is 0.0769. The standard InChI is InChI=1S/C13H12BrNO3S/c1-9-3-2-4-12(13(9)16)15-19(17,18)11-7-5-10(14)6-8-11/h2-8,15-16H,1H3. The number of phenolic OH excluding ortho intramolecular Hbond substituents is 1. The molecular formula is C13H12BrNO3S. The molecule has 0 unspecified atom stereocenters. The van der Waals surface area contributed by atoms with Crippen LogP contribution in [-0.4, -0.2) is 13.5 Å². The van der Waals surface area contributed by atoms with Crippen LogP contribution in [-0.2, 0) is 10.0 Å². The topological polar surface area (TPSA) is 66.4 Å². The molecule has 6 heteroatoms. The molecule has 0 aromatic heterocycles. The number of aryl methyl sites for hydroxylation is 1. The average Bonchev–Trinajstić information content (AvgIpc) is 2.35. The van der Waals surface area contributed by atoms with Crippen molar-refractivity contribution in [3.05, 3.63) is 52.5 Å². The molecule has 0 aliphatic heterocycles. The number of sulfonamides is 1. The molecule has 0 radical (unpaired) electrons. The van der Waals surface area contributed by atoms with E-state index in [0.717, 1.165) is 4.47 Å². The smallest absolute Gasteiger partial charge is 0.262 e. The number of anilines is 1. The van der Waals surface area contributed by atoms with Crippen molar-refractivity contribution in [1.82, 2.24) is 0 Å². The molecule has 2 N–H and O–H groups in total. The summed E-state index contributed by atoms with van der Waals surface area (Å²) >= 11 is 3.24. The minimum absolute atomic E-state index is 0.0665. The number of benzene rings is 2. The Labute approximate surface area is 120 Å². The van der Waals surface area contributed by atoms with E-state index in [1.165, 1.54) is 18.2 Å². The van der Waals surface area contributed by atoms with Crippen molar-refractivity contribution in [3.63, 3.8) is 0 Å². The summed E-state index contributed by atoms with van der Waals surface area (Å²) in [5, 5.41) is 9.82. The van der Waals surface area contributed by atoms with Gasteiger partial charge in [0.1, 0.15) is 5.75 Å². The van der Waals surface area contributed by atoms with Gasteiger partial charge in [0.05, 0.1) is 10.6 Å². The summed E-state index contributed by atoms with van der Waals surface area (Å²) in [6, 6.07) is 11.1. The third-order valence-electron chi connectivity index (χ3n) is 2.61. The van der Waals surface area contributed by atoms with Gasteiger partial charge in [-0.25, -0.2) is 8.42 Å². The van der Waals surface area contributed by atoms with Gasteiger partial charge in [-0.15, -0.1) is 0 Å². The SMILES string of the molecule is Cc1cccc(NS(=O)(=O)c2ccc(Br)cc2)c1O. The van der Waals surface area contributed by atoms with Crippen LogP contribution >= 0.6 is 15.9 Å². The second-order valence-corrected chi connectivity index (χ2v) is 6.63. The minimum Gasteiger partial charge on any atom is -0.505 e. The highest BCUT2D eigenvalue weighted by atomic mass is 79.9. The average molecular weight is 342 g/mol. The lowest BCUT2D eigenvalue weighted by atomic mass is 10.2. The molecule has 2 aromatic carbocycles. The lowest BCUT2D eigenvalue weighted by Crippen LogP contribution is -2.13. The highest BCUT2D eigenvalue weighted by molar-refractivity contribution is 9.10. The van der Waals surface area contributed by atoms with Crippen molar-refractivity contribution in [2.75, 3.05) is 4.72 Å². The Balaban J connectivity index is 2.36. The summed E-state index contributed by atoms with van der Waals surface area (Å²) in [7, 11) is -3.70. The fourth-order valence-electron chi connectivity index (χ4n) is 1.56. The summed E-state index contributed by atoms with van der Waals surface area (Å²) in [4.78, 5) is 0.136. The van der Waals surface area contributed by atoms with E-state index in [1.807, 2.05) is 0 Å². The van der Waals surface area contributed by atoms with Gasteiger partial charge in [0.25, 0.3) is 10.0 Å². The molecule has 19 heavy (non-hydrogen) atoms. The second kappa shape index (κ2) is 5.22. The van der Waals surface area contributed by atoms with Crippen LogP contribution in [0.4, 0.5) is 5.69 Å². The largest absolute Gasteiger partial charge is 0.505 e. The summed E-state index contributed by atoms with van der Waals surface area (Å²) in [5.41, 5.74) is 0.777. The van der Waals surface area contributed by atoms with Gasteiger partial charge in [0, 0.05) is 4.47 Å². The first-order valence-electron chi connectivity index (χ1n) is 5.47. The number of rotatable bonds is 3. The minimum atomic E-state index is -3.70. The number of aromatic hydroxyl groups is 1. The van der Waals surface area contributed by atoms with Crippen molar-refractivity contribution in [2.45, 2.75) is 11.8 Å². The van der Waals surface area contributed by atoms with Gasteiger partial charge in [-0.05, 0) is 42.8 Å². The maximum atomic E-state index is 12.1. The Bertz CT molecular complexity index is 696. The Morgan fingerprint density at radius 2 is 1.74 bits per heavy atom. The summed E-state index contributed by atoms with van der Waals surface area (Å²) < 4.78 is 27.4. The maximum Gasteiger partial charge on any atom is 0.262 e. The molecule has 100 valence electrons. The Morgan fingerprint density at radius 3 is 2.37 bits per heavy atom. The lowest BCUT2D eigenvalue weighted by molar-refractivity contribution is 0.473. The number of para-hydroxylation sites is 1. The van der Waals surface area contributed by atoms with Gasteiger partial charge in [0.15, 0.2) is 0 Å². The molecule has 2 rings (SSSR count). The molecule has 0 saturated carbocycles. The fourth-order valence-corrected chi connectivity index (χ4v) is 2.89. The van der Waals surface area contributed by atoms with E-state index in [0.29, 0.717) is 5.56 Å².